The summed E-state index contributed by atoms with van der Waals surface area (Å²) in [6.07, 6.45) is 6.24. The molecule has 1 amide bonds. The van der Waals surface area contributed by atoms with Gasteiger partial charge in [0.05, 0.1) is 12.2 Å². The second-order valence-corrected chi connectivity index (χ2v) is 7.41. The summed E-state index contributed by atoms with van der Waals surface area (Å²) in [6, 6.07) is 17.2. The van der Waals surface area contributed by atoms with E-state index in [0.29, 0.717) is 18.0 Å². The molecule has 1 fully saturated rings. The van der Waals surface area contributed by atoms with Crippen LogP contribution in [0.3, 0.4) is 0 Å². The number of rotatable bonds is 6. The summed E-state index contributed by atoms with van der Waals surface area (Å²) in [5.41, 5.74) is 1.74. The summed E-state index contributed by atoms with van der Waals surface area (Å²) in [5.74, 6) is 1.07. The lowest BCUT2D eigenvalue weighted by Gasteiger charge is -2.34. The van der Waals surface area contributed by atoms with Crippen molar-refractivity contribution in [3.05, 3.63) is 84.4 Å². The van der Waals surface area contributed by atoms with Gasteiger partial charge in [-0.2, -0.15) is 0 Å². The molecule has 5 nitrogen and oxygen atoms in total. The van der Waals surface area contributed by atoms with E-state index in [-0.39, 0.29) is 17.8 Å². The molecular formula is C24H24FN3O2. The van der Waals surface area contributed by atoms with Gasteiger partial charge < -0.3 is 10.1 Å². The Morgan fingerprint density at radius 3 is 2.60 bits per heavy atom. The third-order valence-corrected chi connectivity index (χ3v) is 5.21. The van der Waals surface area contributed by atoms with Gasteiger partial charge in [-0.25, -0.2) is 4.39 Å². The maximum atomic E-state index is 13.2. The van der Waals surface area contributed by atoms with Gasteiger partial charge in [-0.15, -0.1) is 0 Å². The Bertz CT molecular complexity index is 962. The largest absolute Gasteiger partial charge is 0.456 e. The number of carbonyl (C=O) groups excluding carboxylic acids is 1. The Kier molecular flexibility index (Phi) is 6.35. The minimum Gasteiger partial charge on any atom is -0.456 e. The molecule has 1 aromatic heterocycles. The normalized spacial score (nSPS) is 16.8. The van der Waals surface area contributed by atoms with Crippen LogP contribution in [0.2, 0.25) is 0 Å². The van der Waals surface area contributed by atoms with Gasteiger partial charge in [-0.1, -0.05) is 18.6 Å². The number of hydrogen-bond donors (Lipinski definition) is 1. The number of aromatic nitrogens is 1. The van der Waals surface area contributed by atoms with E-state index in [4.69, 9.17) is 4.74 Å². The molecule has 1 N–H and O–H groups in total. The van der Waals surface area contributed by atoms with Gasteiger partial charge in [0.15, 0.2) is 0 Å². The first kappa shape index (κ1) is 20.0. The number of benzene rings is 2. The molecule has 0 aliphatic carbocycles. The predicted molar refractivity (Wildman–Crippen MR) is 114 cm³/mol. The summed E-state index contributed by atoms with van der Waals surface area (Å²) < 4.78 is 18.9. The topological polar surface area (TPSA) is 54.5 Å². The van der Waals surface area contributed by atoms with Crippen LogP contribution < -0.4 is 10.1 Å². The molecule has 3 aromatic rings. The molecule has 0 bridgehead atoms. The number of halogens is 1. The lowest BCUT2D eigenvalue weighted by molar-refractivity contribution is -0.122. The molecule has 1 unspecified atom stereocenters. The molecule has 4 rings (SSSR count). The molecular weight excluding hydrogens is 381 g/mol. The van der Waals surface area contributed by atoms with E-state index in [1.54, 1.807) is 24.5 Å². The smallest absolute Gasteiger partial charge is 0.241 e. The Morgan fingerprint density at radius 1 is 1.07 bits per heavy atom. The quantitative estimate of drug-likeness (QED) is 0.627. The van der Waals surface area contributed by atoms with Gasteiger partial charge >= 0.3 is 0 Å². The van der Waals surface area contributed by atoms with E-state index in [0.717, 1.165) is 37.1 Å². The van der Waals surface area contributed by atoms with Crippen LogP contribution in [-0.2, 0) is 11.3 Å². The second-order valence-electron chi connectivity index (χ2n) is 7.41. The highest BCUT2D eigenvalue weighted by molar-refractivity contribution is 5.94. The van der Waals surface area contributed by atoms with E-state index >= 15 is 0 Å². The second kappa shape index (κ2) is 9.50. The first-order chi connectivity index (χ1) is 14.7. The van der Waals surface area contributed by atoms with Gasteiger partial charge in [0.2, 0.25) is 5.91 Å². The average Bonchev–Trinajstić information content (AvgIpc) is 2.78. The van der Waals surface area contributed by atoms with E-state index in [2.05, 4.69) is 15.2 Å². The standard InChI is InChI=1S/C24H24FN3O2/c25-19-8-6-18(7-9-19)17-28-15-2-1-5-23(28)24(29)27-20-10-12-21(13-11-20)30-22-4-3-14-26-16-22/h3-4,6-14,16,23H,1-2,5,15,17H2,(H,27,29). The number of nitrogens with zero attached hydrogens (tertiary/aromatic N) is 2. The fourth-order valence-electron chi connectivity index (χ4n) is 3.68. The fraction of sp³-hybridized carbons (Fsp3) is 0.250. The molecule has 1 aliphatic heterocycles. The molecule has 1 atom stereocenters. The minimum absolute atomic E-state index is 0.0160. The van der Waals surface area contributed by atoms with Crippen molar-refractivity contribution in [3.63, 3.8) is 0 Å². The van der Waals surface area contributed by atoms with Gasteiger partial charge in [-0.05, 0) is 73.5 Å². The maximum Gasteiger partial charge on any atom is 0.241 e. The third-order valence-electron chi connectivity index (χ3n) is 5.21. The predicted octanol–water partition coefficient (Wildman–Crippen LogP) is 5.01. The number of amides is 1. The Morgan fingerprint density at radius 2 is 1.87 bits per heavy atom. The number of anilines is 1. The van der Waals surface area contributed by atoms with Crippen LogP contribution in [0, 0.1) is 5.82 Å². The highest BCUT2D eigenvalue weighted by atomic mass is 19.1. The van der Waals surface area contributed by atoms with Crippen LogP contribution in [0.5, 0.6) is 11.5 Å². The summed E-state index contributed by atoms with van der Waals surface area (Å²) >= 11 is 0. The lowest BCUT2D eigenvalue weighted by Crippen LogP contribution is -2.46. The zero-order valence-electron chi connectivity index (χ0n) is 16.6. The first-order valence-electron chi connectivity index (χ1n) is 10.1. The molecule has 2 aromatic carbocycles. The van der Waals surface area contributed by atoms with Crippen molar-refractivity contribution in [2.45, 2.75) is 31.8 Å². The number of nitrogens with one attached hydrogen (secondary N) is 1. The number of piperidine rings is 1. The lowest BCUT2D eigenvalue weighted by atomic mass is 10.00. The van der Waals surface area contributed by atoms with Crippen molar-refractivity contribution in [1.82, 2.24) is 9.88 Å². The molecule has 30 heavy (non-hydrogen) atoms. The van der Waals surface area contributed by atoms with E-state index in [9.17, 15) is 9.18 Å². The van der Waals surface area contributed by atoms with Crippen molar-refractivity contribution < 1.29 is 13.9 Å². The van der Waals surface area contributed by atoms with Gasteiger partial charge in [0.1, 0.15) is 17.3 Å². The molecule has 1 aliphatic rings. The van der Waals surface area contributed by atoms with Crippen LogP contribution >= 0.6 is 0 Å². The van der Waals surface area contributed by atoms with Crippen molar-refractivity contribution in [3.8, 4) is 11.5 Å². The number of ether oxygens (including phenoxy) is 1. The number of likely N-dealkylation sites (tertiary alicyclic amines) is 1. The summed E-state index contributed by atoms with van der Waals surface area (Å²) in [7, 11) is 0. The monoisotopic (exact) mass is 405 g/mol. The Hall–Kier alpha value is -3.25. The third kappa shape index (κ3) is 5.21. The Balaban J connectivity index is 1.38. The van der Waals surface area contributed by atoms with Gasteiger partial charge in [-0.3, -0.25) is 14.7 Å². The number of hydrogen-bond acceptors (Lipinski definition) is 4. The van der Waals surface area contributed by atoms with Crippen LogP contribution in [0.4, 0.5) is 10.1 Å². The van der Waals surface area contributed by atoms with Crippen molar-refractivity contribution >= 4 is 11.6 Å². The summed E-state index contributed by atoms with van der Waals surface area (Å²) in [5, 5.41) is 3.02. The van der Waals surface area contributed by atoms with E-state index < -0.39 is 0 Å². The molecule has 2 heterocycles. The highest BCUT2D eigenvalue weighted by Gasteiger charge is 2.28. The van der Waals surface area contributed by atoms with Gasteiger partial charge in [0, 0.05) is 18.4 Å². The van der Waals surface area contributed by atoms with Crippen molar-refractivity contribution in [2.75, 3.05) is 11.9 Å². The molecule has 0 radical (unpaired) electrons. The van der Waals surface area contributed by atoms with Crippen molar-refractivity contribution in [1.29, 1.82) is 0 Å². The zero-order chi connectivity index (χ0) is 20.8. The average molecular weight is 405 g/mol. The molecule has 6 heteroatoms. The fourth-order valence-corrected chi connectivity index (χ4v) is 3.68. The van der Waals surface area contributed by atoms with Crippen LogP contribution in [0.1, 0.15) is 24.8 Å². The van der Waals surface area contributed by atoms with Crippen molar-refractivity contribution in [2.24, 2.45) is 0 Å². The van der Waals surface area contributed by atoms with E-state index in [1.807, 2.05) is 36.4 Å². The maximum absolute atomic E-state index is 13.2. The molecule has 0 saturated carbocycles. The number of carbonyl (C=O) groups is 1. The molecule has 1 saturated heterocycles. The Labute approximate surface area is 175 Å². The van der Waals surface area contributed by atoms with Gasteiger partial charge in [0.25, 0.3) is 0 Å². The minimum atomic E-state index is -0.248. The zero-order valence-corrected chi connectivity index (χ0v) is 16.6. The first-order valence-corrected chi connectivity index (χ1v) is 10.1. The number of pyridine rings is 1. The highest BCUT2D eigenvalue weighted by Crippen LogP contribution is 2.24. The van der Waals surface area contributed by atoms with Crippen LogP contribution in [-0.4, -0.2) is 28.4 Å². The SMILES string of the molecule is O=C(Nc1ccc(Oc2cccnc2)cc1)C1CCCCN1Cc1ccc(F)cc1. The molecule has 0 spiro atoms. The van der Waals surface area contributed by atoms with E-state index in [1.165, 1.54) is 12.1 Å². The summed E-state index contributed by atoms with van der Waals surface area (Å²) in [6.45, 7) is 1.49. The van der Waals surface area contributed by atoms with Crippen LogP contribution in [0.25, 0.3) is 0 Å². The van der Waals surface area contributed by atoms with Crippen LogP contribution in [0.15, 0.2) is 73.1 Å². The summed E-state index contributed by atoms with van der Waals surface area (Å²) in [4.78, 5) is 19.1. The molecule has 154 valence electrons.